The standard InChI is InChI=1S/C21H37O12P/c1-11(2)18(22)29-9-15(31-19(23)12(3)4)17(33-21(25)14(7)8)16(10-30-34(26,27)28)32-20(24)13(5)6/h11-17H,9-10H2,1-8H3,(H2,26,27,28)/t15-,16+,17-/m0/s1. The number of hydrogen-bond acceptors (Lipinski definition) is 10. The third-order valence-corrected chi connectivity index (χ3v) is 4.69. The normalized spacial score (nSPS) is 14.6. The molecule has 0 aromatic heterocycles. The monoisotopic (exact) mass is 512 g/mol. The summed E-state index contributed by atoms with van der Waals surface area (Å²) in [5.41, 5.74) is 0. The summed E-state index contributed by atoms with van der Waals surface area (Å²) in [6.45, 7) is 10.8. The molecule has 0 amide bonds. The number of phosphoric ester groups is 1. The van der Waals surface area contributed by atoms with Gasteiger partial charge >= 0.3 is 31.7 Å². The van der Waals surface area contributed by atoms with Gasteiger partial charge in [-0.1, -0.05) is 55.4 Å². The Hall–Kier alpha value is -2.01. The lowest BCUT2D eigenvalue weighted by Gasteiger charge is -2.33. The highest BCUT2D eigenvalue weighted by Gasteiger charge is 2.41. The van der Waals surface area contributed by atoms with E-state index in [0.29, 0.717) is 0 Å². The Morgan fingerprint density at radius 2 is 0.971 bits per heavy atom. The highest BCUT2D eigenvalue weighted by atomic mass is 31.2. The van der Waals surface area contributed by atoms with Gasteiger partial charge < -0.3 is 28.7 Å². The van der Waals surface area contributed by atoms with E-state index in [4.69, 9.17) is 28.7 Å². The van der Waals surface area contributed by atoms with Gasteiger partial charge in [0.1, 0.15) is 6.61 Å². The zero-order valence-electron chi connectivity index (χ0n) is 20.9. The minimum atomic E-state index is -5.02. The van der Waals surface area contributed by atoms with Crippen LogP contribution in [0, 0.1) is 23.7 Å². The van der Waals surface area contributed by atoms with Gasteiger partial charge in [0.15, 0.2) is 18.3 Å². The third kappa shape index (κ3) is 12.5. The van der Waals surface area contributed by atoms with E-state index in [1.165, 1.54) is 27.7 Å². The molecule has 3 atom stereocenters. The molecule has 0 aromatic rings. The summed E-state index contributed by atoms with van der Waals surface area (Å²) in [5, 5.41) is 0. The molecule has 2 N–H and O–H groups in total. The van der Waals surface area contributed by atoms with Gasteiger partial charge in [-0.3, -0.25) is 23.7 Å². The lowest BCUT2D eigenvalue weighted by Crippen LogP contribution is -2.50. The van der Waals surface area contributed by atoms with Gasteiger partial charge in [0.2, 0.25) is 0 Å². The van der Waals surface area contributed by atoms with Crippen molar-refractivity contribution in [2.24, 2.45) is 23.7 Å². The lowest BCUT2D eigenvalue weighted by molar-refractivity contribution is -0.198. The summed E-state index contributed by atoms with van der Waals surface area (Å²) < 4.78 is 37.1. The molecule has 0 radical (unpaired) electrons. The van der Waals surface area contributed by atoms with Crippen molar-refractivity contribution >= 4 is 31.7 Å². The van der Waals surface area contributed by atoms with Gasteiger partial charge in [-0.2, -0.15) is 0 Å². The summed E-state index contributed by atoms with van der Waals surface area (Å²) in [6.07, 6.45) is -4.68. The number of hydrogen-bond donors (Lipinski definition) is 2. The van der Waals surface area contributed by atoms with Crippen LogP contribution in [-0.2, 0) is 47.2 Å². The molecule has 0 aliphatic rings. The van der Waals surface area contributed by atoms with Crippen LogP contribution in [-0.4, -0.2) is 65.2 Å². The Labute approximate surface area is 199 Å². The van der Waals surface area contributed by atoms with Gasteiger partial charge in [0, 0.05) is 0 Å². The van der Waals surface area contributed by atoms with Crippen LogP contribution in [0.5, 0.6) is 0 Å². The van der Waals surface area contributed by atoms with E-state index in [0.717, 1.165) is 0 Å². The van der Waals surface area contributed by atoms with E-state index in [1.807, 2.05) is 0 Å². The van der Waals surface area contributed by atoms with Crippen molar-refractivity contribution in [3.63, 3.8) is 0 Å². The topological polar surface area (TPSA) is 172 Å². The largest absolute Gasteiger partial charge is 0.469 e. The highest BCUT2D eigenvalue weighted by Crippen LogP contribution is 2.36. The molecule has 13 heteroatoms. The molecule has 0 spiro atoms. The van der Waals surface area contributed by atoms with Crippen molar-refractivity contribution in [3.8, 4) is 0 Å². The molecule has 0 aliphatic carbocycles. The van der Waals surface area contributed by atoms with Crippen LogP contribution >= 0.6 is 7.82 Å². The van der Waals surface area contributed by atoms with Crippen molar-refractivity contribution in [1.29, 1.82) is 0 Å². The van der Waals surface area contributed by atoms with Crippen molar-refractivity contribution in [2.45, 2.75) is 73.7 Å². The van der Waals surface area contributed by atoms with E-state index < -0.39 is 86.9 Å². The van der Waals surface area contributed by atoms with Gasteiger partial charge in [-0.05, 0) is 0 Å². The molecule has 0 heterocycles. The molecule has 0 saturated heterocycles. The number of carbonyl (C=O) groups excluding carboxylic acids is 4. The maximum absolute atomic E-state index is 12.4. The second-order valence-electron chi connectivity index (χ2n) is 8.89. The van der Waals surface area contributed by atoms with Crippen LogP contribution in [0.15, 0.2) is 0 Å². The van der Waals surface area contributed by atoms with Crippen molar-refractivity contribution in [1.82, 2.24) is 0 Å². The van der Waals surface area contributed by atoms with Crippen LogP contribution in [0.2, 0.25) is 0 Å². The molecule has 0 saturated carbocycles. The third-order valence-electron chi connectivity index (χ3n) is 4.20. The minimum Gasteiger partial charge on any atom is -0.461 e. The minimum absolute atomic E-state index is 0.523. The van der Waals surface area contributed by atoms with E-state index >= 15 is 0 Å². The van der Waals surface area contributed by atoms with E-state index in [1.54, 1.807) is 27.7 Å². The average Bonchev–Trinajstić information content (AvgIpc) is 2.70. The first-order chi connectivity index (χ1) is 15.5. The summed E-state index contributed by atoms with van der Waals surface area (Å²) in [7, 11) is -5.02. The van der Waals surface area contributed by atoms with Crippen LogP contribution in [0.25, 0.3) is 0 Å². The molecule has 34 heavy (non-hydrogen) atoms. The van der Waals surface area contributed by atoms with Gasteiger partial charge in [0.25, 0.3) is 0 Å². The highest BCUT2D eigenvalue weighted by molar-refractivity contribution is 7.46. The van der Waals surface area contributed by atoms with Crippen LogP contribution in [0.1, 0.15) is 55.4 Å². The van der Waals surface area contributed by atoms with Crippen LogP contribution in [0.3, 0.4) is 0 Å². The molecular weight excluding hydrogens is 475 g/mol. The molecule has 198 valence electrons. The summed E-state index contributed by atoms with van der Waals surface area (Å²) in [5.74, 6) is -5.41. The fourth-order valence-corrected chi connectivity index (χ4v) is 2.47. The van der Waals surface area contributed by atoms with Gasteiger partial charge in [-0.25, -0.2) is 4.57 Å². The predicted molar refractivity (Wildman–Crippen MR) is 118 cm³/mol. The quantitative estimate of drug-likeness (QED) is 0.197. The van der Waals surface area contributed by atoms with Crippen molar-refractivity contribution < 1.29 is 57.0 Å². The molecule has 0 aliphatic heterocycles. The Kier molecular flexibility index (Phi) is 13.6. The number of esters is 4. The predicted octanol–water partition coefficient (Wildman–Crippen LogP) is 2.00. The smallest absolute Gasteiger partial charge is 0.461 e. The lowest BCUT2D eigenvalue weighted by atomic mass is 10.1. The average molecular weight is 512 g/mol. The molecule has 0 unspecified atom stereocenters. The first-order valence-electron chi connectivity index (χ1n) is 10.9. The molecule has 0 bridgehead atoms. The molecule has 0 fully saturated rings. The first-order valence-corrected chi connectivity index (χ1v) is 12.5. The Bertz CT molecular complexity index is 740. The molecule has 0 rings (SSSR count). The number of phosphoric acid groups is 1. The number of ether oxygens (including phenoxy) is 4. The molecule has 0 aromatic carbocycles. The number of rotatable bonds is 14. The number of carbonyl (C=O) groups is 4. The van der Waals surface area contributed by atoms with Gasteiger partial charge in [0.05, 0.1) is 30.3 Å². The van der Waals surface area contributed by atoms with E-state index in [-0.39, 0.29) is 0 Å². The Balaban J connectivity index is 6.33. The Morgan fingerprint density at radius 1 is 0.618 bits per heavy atom. The maximum Gasteiger partial charge on any atom is 0.469 e. The zero-order valence-corrected chi connectivity index (χ0v) is 21.8. The van der Waals surface area contributed by atoms with Crippen molar-refractivity contribution in [3.05, 3.63) is 0 Å². The molecule has 12 nitrogen and oxygen atoms in total. The van der Waals surface area contributed by atoms with E-state index in [2.05, 4.69) is 4.52 Å². The SMILES string of the molecule is CC(C)C(=O)OC[C@H](OC(=O)C(C)C)[C@H](OC(=O)C(C)C)[C@@H](COP(=O)(O)O)OC(=O)C(C)C. The first kappa shape index (κ1) is 32.0. The van der Waals surface area contributed by atoms with Gasteiger partial charge in [-0.15, -0.1) is 0 Å². The summed E-state index contributed by atoms with van der Waals surface area (Å²) >= 11 is 0. The zero-order chi connectivity index (χ0) is 26.8. The van der Waals surface area contributed by atoms with E-state index in [9.17, 15) is 23.7 Å². The molecular formula is C21H37O12P. The summed E-state index contributed by atoms with van der Waals surface area (Å²) in [6, 6.07) is 0. The van der Waals surface area contributed by atoms with Crippen LogP contribution in [0.4, 0.5) is 0 Å². The fourth-order valence-electron chi connectivity index (χ4n) is 2.13. The summed E-state index contributed by atoms with van der Waals surface area (Å²) in [4.78, 5) is 67.4. The fraction of sp³-hybridized carbons (Fsp3) is 0.810. The van der Waals surface area contributed by atoms with Crippen LogP contribution < -0.4 is 0 Å². The van der Waals surface area contributed by atoms with Crippen molar-refractivity contribution in [2.75, 3.05) is 13.2 Å². The maximum atomic E-state index is 12.4. The second-order valence-corrected chi connectivity index (χ2v) is 10.1. The Morgan fingerprint density at radius 3 is 1.32 bits per heavy atom. The second kappa shape index (κ2) is 14.4.